The molecule has 0 N–H and O–H groups in total. The number of halogens is 1. The van der Waals surface area contributed by atoms with E-state index in [-0.39, 0.29) is 0 Å². The van der Waals surface area contributed by atoms with E-state index in [1.165, 1.54) is 5.56 Å². The SMILES string of the molecule is Clc1cccc(-n2cnnc2SCc2nccn2Cc2ccccc2)c1. The van der Waals surface area contributed by atoms with Gasteiger partial charge in [-0.2, -0.15) is 0 Å². The first-order chi connectivity index (χ1) is 12.8. The minimum absolute atomic E-state index is 0.686. The topological polar surface area (TPSA) is 48.5 Å². The number of benzene rings is 2. The Hall–Kier alpha value is -2.57. The molecule has 0 radical (unpaired) electrons. The molecular formula is C19H16ClN5S. The van der Waals surface area contributed by atoms with Crippen LogP contribution < -0.4 is 0 Å². The maximum Gasteiger partial charge on any atom is 0.196 e. The minimum Gasteiger partial charge on any atom is -0.330 e. The predicted molar refractivity (Wildman–Crippen MR) is 104 cm³/mol. The Balaban J connectivity index is 1.49. The molecule has 0 bridgehead atoms. The molecule has 0 aliphatic carbocycles. The molecule has 0 saturated carbocycles. The van der Waals surface area contributed by atoms with E-state index in [0.717, 1.165) is 23.2 Å². The molecule has 0 amide bonds. The molecule has 5 nitrogen and oxygen atoms in total. The molecule has 4 aromatic rings. The number of hydrogen-bond acceptors (Lipinski definition) is 4. The van der Waals surface area contributed by atoms with E-state index in [4.69, 9.17) is 11.6 Å². The van der Waals surface area contributed by atoms with Crippen LogP contribution in [0, 0.1) is 0 Å². The highest BCUT2D eigenvalue weighted by molar-refractivity contribution is 7.98. The average Bonchev–Trinajstić information content (AvgIpc) is 3.30. The third kappa shape index (κ3) is 3.81. The molecule has 130 valence electrons. The minimum atomic E-state index is 0.686. The Morgan fingerprint density at radius 2 is 1.92 bits per heavy atom. The van der Waals surface area contributed by atoms with Gasteiger partial charge in [0.05, 0.1) is 11.4 Å². The zero-order chi connectivity index (χ0) is 17.8. The number of thioether (sulfide) groups is 1. The first-order valence-corrected chi connectivity index (χ1v) is 9.48. The summed E-state index contributed by atoms with van der Waals surface area (Å²) in [6, 6.07) is 18.0. The van der Waals surface area contributed by atoms with Crippen LogP contribution in [0.15, 0.2) is 78.5 Å². The van der Waals surface area contributed by atoms with Crippen LogP contribution in [-0.4, -0.2) is 24.3 Å². The summed E-state index contributed by atoms with van der Waals surface area (Å²) in [5, 5.41) is 9.76. The van der Waals surface area contributed by atoms with Crippen LogP contribution >= 0.6 is 23.4 Å². The van der Waals surface area contributed by atoms with Gasteiger partial charge in [0.25, 0.3) is 0 Å². The number of aromatic nitrogens is 5. The molecule has 0 aliphatic rings. The van der Waals surface area contributed by atoms with E-state index in [2.05, 4.69) is 31.9 Å². The van der Waals surface area contributed by atoms with Gasteiger partial charge in [-0.1, -0.05) is 59.8 Å². The van der Waals surface area contributed by atoms with Gasteiger partial charge in [-0.3, -0.25) is 4.57 Å². The van der Waals surface area contributed by atoms with Crippen molar-refractivity contribution >= 4 is 23.4 Å². The van der Waals surface area contributed by atoms with E-state index in [1.54, 1.807) is 18.1 Å². The smallest absolute Gasteiger partial charge is 0.196 e. The Labute approximate surface area is 160 Å². The highest BCUT2D eigenvalue weighted by Crippen LogP contribution is 2.24. The van der Waals surface area contributed by atoms with Crippen molar-refractivity contribution in [3.05, 3.63) is 89.7 Å². The van der Waals surface area contributed by atoms with E-state index < -0.39 is 0 Å². The quantitative estimate of drug-likeness (QED) is 0.463. The molecule has 0 atom stereocenters. The van der Waals surface area contributed by atoms with Crippen molar-refractivity contribution in [3.8, 4) is 5.69 Å². The van der Waals surface area contributed by atoms with Crippen molar-refractivity contribution in [1.82, 2.24) is 24.3 Å². The summed E-state index contributed by atoms with van der Waals surface area (Å²) < 4.78 is 4.09. The second-order valence-electron chi connectivity index (χ2n) is 5.71. The zero-order valence-electron chi connectivity index (χ0n) is 13.9. The highest BCUT2D eigenvalue weighted by atomic mass is 35.5. The lowest BCUT2D eigenvalue weighted by Gasteiger charge is -2.09. The summed E-state index contributed by atoms with van der Waals surface area (Å²) in [7, 11) is 0. The van der Waals surface area contributed by atoms with Crippen molar-refractivity contribution in [2.75, 3.05) is 0 Å². The van der Waals surface area contributed by atoms with Crippen molar-refractivity contribution in [2.24, 2.45) is 0 Å². The first-order valence-electron chi connectivity index (χ1n) is 8.12. The Bertz CT molecular complexity index is 996. The van der Waals surface area contributed by atoms with Crippen LogP contribution in [0.1, 0.15) is 11.4 Å². The molecule has 2 aromatic carbocycles. The average molecular weight is 382 g/mol. The van der Waals surface area contributed by atoms with Gasteiger partial charge in [-0.15, -0.1) is 10.2 Å². The zero-order valence-corrected chi connectivity index (χ0v) is 15.4. The van der Waals surface area contributed by atoms with Crippen LogP contribution in [0.4, 0.5) is 0 Å². The van der Waals surface area contributed by atoms with Gasteiger partial charge in [0.15, 0.2) is 5.16 Å². The molecule has 0 fully saturated rings. The summed E-state index contributed by atoms with van der Waals surface area (Å²) >= 11 is 7.70. The van der Waals surface area contributed by atoms with Crippen LogP contribution in [0.3, 0.4) is 0 Å². The van der Waals surface area contributed by atoms with E-state index in [9.17, 15) is 0 Å². The lowest BCUT2D eigenvalue weighted by atomic mass is 10.2. The van der Waals surface area contributed by atoms with Crippen molar-refractivity contribution in [1.29, 1.82) is 0 Å². The summed E-state index contributed by atoms with van der Waals surface area (Å²) in [5.74, 6) is 1.71. The monoisotopic (exact) mass is 381 g/mol. The van der Waals surface area contributed by atoms with Gasteiger partial charge >= 0.3 is 0 Å². The van der Waals surface area contributed by atoms with Crippen LogP contribution in [-0.2, 0) is 12.3 Å². The molecule has 2 aromatic heterocycles. The van der Waals surface area contributed by atoms with Crippen molar-refractivity contribution in [3.63, 3.8) is 0 Å². The maximum absolute atomic E-state index is 6.10. The number of nitrogens with zero attached hydrogens (tertiary/aromatic N) is 5. The third-order valence-electron chi connectivity index (χ3n) is 3.93. The standard InChI is InChI=1S/C19H16ClN5S/c20-16-7-4-8-17(11-16)25-14-22-23-19(25)26-13-18-21-9-10-24(18)12-15-5-2-1-3-6-15/h1-11,14H,12-13H2. The van der Waals surface area contributed by atoms with Gasteiger partial charge in [-0.05, 0) is 23.8 Å². The second kappa shape index (κ2) is 7.76. The van der Waals surface area contributed by atoms with Crippen molar-refractivity contribution < 1.29 is 0 Å². The summed E-state index contributed by atoms with van der Waals surface area (Å²) in [5.41, 5.74) is 2.19. The highest BCUT2D eigenvalue weighted by Gasteiger charge is 2.10. The Morgan fingerprint density at radius 3 is 2.77 bits per heavy atom. The van der Waals surface area contributed by atoms with E-state index >= 15 is 0 Å². The first kappa shape index (κ1) is 16.9. The molecule has 26 heavy (non-hydrogen) atoms. The van der Waals surface area contributed by atoms with Crippen LogP contribution in [0.2, 0.25) is 5.02 Å². The number of imidazole rings is 1. The lowest BCUT2D eigenvalue weighted by molar-refractivity contribution is 0.755. The summed E-state index contributed by atoms with van der Waals surface area (Å²) in [6.45, 7) is 0.803. The molecule has 2 heterocycles. The van der Waals surface area contributed by atoms with Gasteiger partial charge in [-0.25, -0.2) is 4.98 Å². The fraction of sp³-hybridized carbons (Fsp3) is 0.105. The Kier molecular flexibility index (Phi) is 5.04. The fourth-order valence-corrected chi connectivity index (χ4v) is 3.74. The fourth-order valence-electron chi connectivity index (χ4n) is 2.66. The third-order valence-corrected chi connectivity index (χ3v) is 5.10. The van der Waals surface area contributed by atoms with E-state index in [1.807, 2.05) is 59.4 Å². The summed E-state index contributed by atoms with van der Waals surface area (Å²) in [4.78, 5) is 4.49. The molecule has 7 heteroatoms. The molecule has 0 unspecified atom stereocenters. The maximum atomic E-state index is 6.10. The van der Waals surface area contributed by atoms with Gasteiger partial charge < -0.3 is 4.57 Å². The van der Waals surface area contributed by atoms with E-state index in [0.29, 0.717) is 10.8 Å². The summed E-state index contributed by atoms with van der Waals surface area (Å²) in [6.07, 6.45) is 5.54. The predicted octanol–water partition coefficient (Wildman–Crippen LogP) is 4.46. The molecule has 0 spiro atoms. The normalized spacial score (nSPS) is 11.0. The van der Waals surface area contributed by atoms with Gasteiger partial charge in [0, 0.05) is 24.0 Å². The van der Waals surface area contributed by atoms with Gasteiger partial charge in [0.2, 0.25) is 0 Å². The molecular weight excluding hydrogens is 366 g/mol. The second-order valence-corrected chi connectivity index (χ2v) is 7.09. The largest absolute Gasteiger partial charge is 0.330 e. The van der Waals surface area contributed by atoms with Gasteiger partial charge in [0.1, 0.15) is 12.2 Å². The number of hydrogen-bond donors (Lipinski definition) is 0. The number of rotatable bonds is 6. The molecule has 0 aliphatic heterocycles. The van der Waals surface area contributed by atoms with Crippen molar-refractivity contribution in [2.45, 2.75) is 17.5 Å². The molecule has 4 rings (SSSR count). The van der Waals surface area contributed by atoms with Crippen LogP contribution in [0.5, 0.6) is 0 Å². The van der Waals surface area contributed by atoms with Crippen LogP contribution in [0.25, 0.3) is 5.69 Å². The molecule has 0 saturated heterocycles. The Morgan fingerprint density at radius 1 is 1.04 bits per heavy atom. The lowest BCUT2D eigenvalue weighted by Crippen LogP contribution is -2.04.